The fraction of sp³-hybridized carbons (Fsp3) is 0.500. The Kier molecular flexibility index (Phi) is 7.05. The number of hydrogen-bond acceptors (Lipinski definition) is 7. The van der Waals surface area contributed by atoms with Crippen LogP contribution in [0.5, 0.6) is 34.5 Å². The molecule has 1 saturated heterocycles. The van der Waals surface area contributed by atoms with E-state index in [2.05, 4.69) is 13.8 Å². The van der Waals surface area contributed by atoms with Gasteiger partial charge >= 0.3 is 0 Å². The zero-order chi connectivity index (χ0) is 22.7. The molecule has 1 fully saturated rings. The van der Waals surface area contributed by atoms with Crippen LogP contribution in [0.15, 0.2) is 24.3 Å². The summed E-state index contributed by atoms with van der Waals surface area (Å²) in [7, 11) is 9.64. The Hall–Kier alpha value is -2.80. The summed E-state index contributed by atoms with van der Waals surface area (Å²) in [5, 5.41) is 0. The van der Waals surface area contributed by atoms with Gasteiger partial charge in [-0.2, -0.15) is 0 Å². The van der Waals surface area contributed by atoms with Crippen molar-refractivity contribution in [3.05, 3.63) is 35.4 Å². The van der Waals surface area contributed by atoms with Crippen molar-refractivity contribution in [2.24, 2.45) is 11.8 Å². The van der Waals surface area contributed by atoms with E-state index >= 15 is 0 Å². The molecule has 0 N–H and O–H groups in total. The normalized spacial score (nSPS) is 22.7. The van der Waals surface area contributed by atoms with Crippen molar-refractivity contribution in [2.75, 3.05) is 42.7 Å². The quantitative estimate of drug-likeness (QED) is 0.592. The SMILES string of the molecule is COc1cc([C@@H]2O[C@@H](c3cc(OC)c(OC)c(OC)c3)[C@H](C)[C@H]2C)cc(OC)c1OC. The first-order chi connectivity index (χ1) is 14.9. The lowest BCUT2D eigenvalue weighted by Gasteiger charge is -2.20. The Morgan fingerprint density at radius 3 is 1.03 bits per heavy atom. The van der Waals surface area contributed by atoms with E-state index in [0.717, 1.165) is 11.1 Å². The van der Waals surface area contributed by atoms with E-state index in [-0.39, 0.29) is 24.0 Å². The van der Waals surface area contributed by atoms with Crippen LogP contribution in [0.1, 0.15) is 37.2 Å². The molecule has 7 nitrogen and oxygen atoms in total. The lowest BCUT2D eigenvalue weighted by atomic mass is 9.85. The number of benzene rings is 2. The maximum atomic E-state index is 6.60. The lowest BCUT2D eigenvalue weighted by Crippen LogP contribution is -2.10. The molecule has 0 unspecified atom stereocenters. The summed E-state index contributed by atoms with van der Waals surface area (Å²) in [5.74, 6) is 4.04. The predicted octanol–water partition coefficient (Wildman–Crippen LogP) is 4.82. The summed E-state index contributed by atoms with van der Waals surface area (Å²) in [6.45, 7) is 4.38. The summed E-state index contributed by atoms with van der Waals surface area (Å²) in [4.78, 5) is 0. The van der Waals surface area contributed by atoms with Gasteiger partial charge in [0.1, 0.15) is 0 Å². The fourth-order valence-electron chi connectivity index (χ4n) is 4.25. The molecule has 0 spiro atoms. The molecule has 1 aliphatic heterocycles. The summed E-state index contributed by atoms with van der Waals surface area (Å²) >= 11 is 0. The van der Waals surface area contributed by atoms with E-state index in [9.17, 15) is 0 Å². The number of ether oxygens (including phenoxy) is 7. The van der Waals surface area contributed by atoms with Crippen LogP contribution in [0.2, 0.25) is 0 Å². The smallest absolute Gasteiger partial charge is 0.203 e. The van der Waals surface area contributed by atoms with E-state index in [4.69, 9.17) is 33.2 Å². The van der Waals surface area contributed by atoms with Crippen molar-refractivity contribution in [2.45, 2.75) is 26.1 Å². The zero-order valence-corrected chi connectivity index (χ0v) is 19.5. The lowest BCUT2D eigenvalue weighted by molar-refractivity contribution is 0.0285. The Bertz CT molecular complexity index is 787. The van der Waals surface area contributed by atoms with Crippen molar-refractivity contribution in [3.63, 3.8) is 0 Å². The second kappa shape index (κ2) is 9.56. The van der Waals surface area contributed by atoms with Gasteiger partial charge in [-0.3, -0.25) is 0 Å². The van der Waals surface area contributed by atoms with Gasteiger partial charge < -0.3 is 33.2 Å². The van der Waals surface area contributed by atoms with E-state index in [1.54, 1.807) is 42.7 Å². The number of methoxy groups -OCH3 is 6. The van der Waals surface area contributed by atoms with Gasteiger partial charge in [0.15, 0.2) is 23.0 Å². The Labute approximate surface area is 184 Å². The van der Waals surface area contributed by atoms with Crippen molar-refractivity contribution >= 4 is 0 Å². The van der Waals surface area contributed by atoms with Crippen LogP contribution >= 0.6 is 0 Å². The first-order valence-corrected chi connectivity index (χ1v) is 10.2. The van der Waals surface area contributed by atoms with Crippen LogP contribution in [0.25, 0.3) is 0 Å². The summed E-state index contributed by atoms with van der Waals surface area (Å²) < 4.78 is 39.6. The molecule has 0 aromatic heterocycles. The fourth-order valence-corrected chi connectivity index (χ4v) is 4.25. The van der Waals surface area contributed by atoms with E-state index < -0.39 is 0 Å². The van der Waals surface area contributed by atoms with Gasteiger partial charge in [-0.1, -0.05) is 13.8 Å². The van der Waals surface area contributed by atoms with Crippen LogP contribution < -0.4 is 28.4 Å². The first kappa shape index (κ1) is 22.9. The van der Waals surface area contributed by atoms with E-state index in [1.165, 1.54) is 0 Å². The summed E-state index contributed by atoms with van der Waals surface area (Å²) in [6.07, 6.45) is -0.291. The Balaban J connectivity index is 2.01. The molecule has 1 heterocycles. The molecule has 0 saturated carbocycles. The van der Waals surface area contributed by atoms with Crippen LogP contribution in [0.3, 0.4) is 0 Å². The van der Waals surface area contributed by atoms with Gasteiger partial charge in [0.05, 0.1) is 54.9 Å². The van der Waals surface area contributed by atoms with Crippen molar-refractivity contribution in [3.8, 4) is 34.5 Å². The molecule has 3 rings (SSSR count). The molecular weight excluding hydrogens is 400 g/mol. The second-order valence-corrected chi connectivity index (χ2v) is 7.61. The third-order valence-electron chi connectivity index (χ3n) is 6.11. The molecule has 0 radical (unpaired) electrons. The highest BCUT2D eigenvalue weighted by Gasteiger charge is 2.41. The largest absolute Gasteiger partial charge is 0.493 e. The minimum absolute atomic E-state index is 0.146. The molecule has 31 heavy (non-hydrogen) atoms. The average Bonchev–Trinajstić information content (AvgIpc) is 3.11. The minimum atomic E-state index is -0.146. The molecule has 1 aliphatic rings. The molecule has 0 aliphatic carbocycles. The molecule has 2 aromatic rings. The van der Waals surface area contributed by atoms with E-state index in [1.807, 2.05) is 24.3 Å². The summed E-state index contributed by atoms with van der Waals surface area (Å²) in [6, 6.07) is 7.80. The molecule has 170 valence electrons. The van der Waals surface area contributed by atoms with Gasteiger partial charge in [0.25, 0.3) is 0 Å². The highest BCUT2D eigenvalue weighted by molar-refractivity contribution is 5.56. The molecule has 4 atom stereocenters. The standard InChI is InChI=1S/C24H32O7/c1-13-14(2)22(16-11-19(27-5)24(30-8)20(12-16)28-6)31-21(13)15-9-17(25-3)23(29-7)18(10-15)26-4/h9-14,21-22H,1-8H3/t13-,14-,21-,22-/m1/s1. The summed E-state index contributed by atoms with van der Waals surface area (Å²) in [5.41, 5.74) is 1.95. The van der Waals surface area contributed by atoms with Crippen LogP contribution in [0, 0.1) is 11.8 Å². The Morgan fingerprint density at radius 2 is 0.806 bits per heavy atom. The molecule has 0 amide bonds. The van der Waals surface area contributed by atoms with Crippen molar-refractivity contribution in [1.29, 1.82) is 0 Å². The van der Waals surface area contributed by atoms with Gasteiger partial charge in [0, 0.05) is 0 Å². The molecule has 0 bridgehead atoms. The van der Waals surface area contributed by atoms with Gasteiger partial charge in [-0.25, -0.2) is 0 Å². The number of hydrogen-bond donors (Lipinski definition) is 0. The van der Waals surface area contributed by atoms with Crippen LogP contribution in [-0.4, -0.2) is 42.7 Å². The maximum absolute atomic E-state index is 6.60. The Morgan fingerprint density at radius 1 is 0.516 bits per heavy atom. The second-order valence-electron chi connectivity index (χ2n) is 7.61. The first-order valence-electron chi connectivity index (χ1n) is 10.2. The molecular formula is C24H32O7. The highest BCUT2D eigenvalue weighted by atomic mass is 16.5. The third-order valence-corrected chi connectivity index (χ3v) is 6.11. The molecule has 7 heteroatoms. The third kappa shape index (κ3) is 4.06. The zero-order valence-electron chi connectivity index (χ0n) is 19.5. The topological polar surface area (TPSA) is 64.6 Å². The van der Waals surface area contributed by atoms with Crippen LogP contribution in [0.4, 0.5) is 0 Å². The predicted molar refractivity (Wildman–Crippen MR) is 117 cm³/mol. The van der Waals surface area contributed by atoms with Crippen molar-refractivity contribution in [1.82, 2.24) is 0 Å². The average molecular weight is 433 g/mol. The molecule has 2 aromatic carbocycles. The van der Waals surface area contributed by atoms with Gasteiger partial charge in [-0.15, -0.1) is 0 Å². The minimum Gasteiger partial charge on any atom is -0.493 e. The maximum Gasteiger partial charge on any atom is 0.203 e. The van der Waals surface area contributed by atoms with Gasteiger partial charge in [-0.05, 0) is 47.2 Å². The number of rotatable bonds is 8. The van der Waals surface area contributed by atoms with Crippen LogP contribution in [-0.2, 0) is 4.74 Å². The van der Waals surface area contributed by atoms with E-state index in [0.29, 0.717) is 34.5 Å². The monoisotopic (exact) mass is 432 g/mol. The van der Waals surface area contributed by atoms with Gasteiger partial charge in [0.2, 0.25) is 11.5 Å². The van der Waals surface area contributed by atoms with Crippen molar-refractivity contribution < 1.29 is 33.2 Å². The highest BCUT2D eigenvalue weighted by Crippen LogP contribution is 2.53.